The molecule has 5 nitrogen and oxygen atoms in total. The van der Waals surface area contributed by atoms with E-state index in [9.17, 15) is 0 Å². The molecule has 4 N–H and O–H groups in total. The fourth-order valence-corrected chi connectivity index (χ4v) is 1.66. The minimum atomic E-state index is 0.226. The highest BCUT2D eigenvalue weighted by atomic mass is 16.3. The maximum Gasteiger partial charge on any atom is 0.147 e. The molecule has 0 radical (unpaired) electrons. The Labute approximate surface area is 96.6 Å². The summed E-state index contributed by atoms with van der Waals surface area (Å²) in [6, 6.07) is 0. The molecule has 0 aliphatic heterocycles. The molecule has 1 atom stereocenters. The first-order valence-electron chi connectivity index (χ1n) is 5.76. The van der Waals surface area contributed by atoms with E-state index in [1.807, 2.05) is 14.0 Å². The molecule has 1 heterocycles. The van der Waals surface area contributed by atoms with E-state index in [0.29, 0.717) is 5.92 Å². The number of hydrogen-bond donors (Lipinski definition) is 3. The van der Waals surface area contributed by atoms with Crippen LogP contribution in [0.3, 0.4) is 0 Å². The van der Waals surface area contributed by atoms with Crippen LogP contribution in [0, 0.1) is 5.92 Å². The van der Waals surface area contributed by atoms with Gasteiger partial charge in [-0.25, -0.2) is 0 Å². The van der Waals surface area contributed by atoms with Crippen molar-refractivity contribution in [2.75, 3.05) is 24.2 Å². The van der Waals surface area contributed by atoms with E-state index in [-0.39, 0.29) is 6.61 Å². The van der Waals surface area contributed by atoms with Crippen LogP contribution in [0.1, 0.15) is 26.0 Å². The molecule has 1 rings (SSSR count). The second-order valence-corrected chi connectivity index (χ2v) is 4.18. The van der Waals surface area contributed by atoms with E-state index in [1.54, 1.807) is 4.68 Å². The number of hydrogen-bond acceptors (Lipinski definition) is 4. The van der Waals surface area contributed by atoms with Crippen molar-refractivity contribution in [1.82, 2.24) is 9.78 Å². The van der Waals surface area contributed by atoms with Crippen LogP contribution in [-0.4, -0.2) is 28.0 Å². The molecule has 0 aliphatic carbocycles. The molecule has 1 aromatic heterocycles. The van der Waals surface area contributed by atoms with Crippen LogP contribution in [-0.2, 0) is 13.5 Å². The molecule has 0 aliphatic rings. The van der Waals surface area contributed by atoms with Crippen molar-refractivity contribution in [3.63, 3.8) is 0 Å². The van der Waals surface area contributed by atoms with E-state index >= 15 is 0 Å². The van der Waals surface area contributed by atoms with Crippen molar-refractivity contribution in [3.8, 4) is 0 Å². The van der Waals surface area contributed by atoms with E-state index in [0.717, 1.165) is 36.6 Å². The van der Waals surface area contributed by atoms with Gasteiger partial charge in [0.1, 0.15) is 5.82 Å². The van der Waals surface area contributed by atoms with Crippen molar-refractivity contribution in [2.24, 2.45) is 13.0 Å². The Morgan fingerprint density at radius 2 is 2.25 bits per heavy atom. The summed E-state index contributed by atoms with van der Waals surface area (Å²) in [6.07, 6.45) is 1.64. The van der Waals surface area contributed by atoms with Gasteiger partial charge >= 0.3 is 0 Å². The van der Waals surface area contributed by atoms with Gasteiger partial charge < -0.3 is 16.2 Å². The zero-order valence-corrected chi connectivity index (χ0v) is 10.3. The third-order valence-electron chi connectivity index (χ3n) is 2.74. The van der Waals surface area contributed by atoms with Crippen LogP contribution in [0.5, 0.6) is 0 Å². The molecular formula is C11H22N4O. The molecule has 0 bridgehead atoms. The third kappa shape index (κ3) is 2.88. The summed E-state index contributed by atoms with van der Waals surface area (Å²) in [5.74, 6) is 1.30. The fourth-order valence-electron chi connectivity index (χ4n) is 1.66. The third-order valence-corrected chi connectivity index (χ3v) is 2.74. The number of aliphatic hydroxyl groups is 1. The number of aliphatic hydroxyl groups excluding tert-OH is 1. The van der Waals surface area contributed by atoms with Gasteiger partial charge in [0.15, 0.2) is 0 Å². The Balaban J connectivity index is 2.63. The van der Waals surface area contributed by atoms with Crippen LogP contribution in [0.4, 0.5) is 11.5 Å². The Kier molecular flexibility index (Phi) is 4.61. The maximum absolute atomic E-state index is 8.82. The zero-order chi connectivity index (χ0) is 12.1. The molecule has 1 aromatic rings. The quantitative estimate of drug-likeness (QED) is 0.676. The lowest BCUT2D eigenvalue weighted by atomic mass is 10.1. The first-order valence-corrected chi connectivity index (χ1v) is 5.76. The SMILES string of the molecule is CCc1nn(C)c(NCC(C)CCO)c1N. The smallest absolute Gasteiger partial charge is 0.147 e. The van der Waals surface area contributed by atoms with Gasteiger partial charge in [0.25, 0.3) is 0 Å². The molecule has 5 heteroatoms. The van der Waals surface area contributed by atoms with E-state index < -0.39 is 0 Å². The molecule has 92 valence electrons. The normalized spacial score (nSPS) is 12.8. The molecule has 1 unspecified atom stereocenters. The van der Waals surface area contributed by atoms with Gasteiger partial charge in [0, 0.05) is 20.2 Å². The standard InChI is InChI=1S/C11H22N4O/c1-4-9-10(12)11(15(3)14-9)13-7-8(2)5-6-16/h8,13,16H,4-7,12H2,1-3H3. The van der Waals surface area contributed by atoms with Crippen molar-refractivity contribution in [1.29, 1.82) is 0 Å². The Bertz CT molecular complexity index is 335. The molecule has 0 fully saturated rings. The van der Waals surface area contributed by atoms with Gasteiger partial charge in [-0.15, -0.1) is 0 Å². The number of nitrogen functional groups attached to an aromatic ring is 1. The number of aromatic nitrogens is 2. The van der Waals surface area contributed by atoms with Gasteiger partial charge in [0.05, 0.1) is 11.4 Å². The summed E-state index contributed by atoms with van der Waals surface area (Å²) in [5.41, 5.74) is 7.65. The molecule has 16 heavy (non-hydrogen) atoms. The van der Waals surface area contributed by atoms with Crippen LogP contribution in [0.2, 0.25) is 0 Å². The van der Waals surface area contributed by atoms with E-state index in [1.165, 1.54) is 0 Å². The van der Waals surface area contributed by atoms with Gasteiger partial charge in [0.2, 0.25) is 0 Å². The molecule has 0 spiro atoms. The maximum atomic E-state index is 8.82. The lowest BCUT2D eigenvalue weighted by Crippen LogP contribution is -2.15. The minimum absolute atomic E-state index is 0.226. The Morgan fingerprint density at radius 3 is 2.75 bits per heavy atom. The number of aryl methyl sites for hydroxylation is 2. The van der Waals surface area contributed by atoms with Crippen molar-refractivity contribution in [2.45, 2.75) is 26.7 Å². The average molecular weight is 226 g/mol. The number of nitrogens with zero attached hydrogens (tertiary/aromatic N) is 2. The minimum Gasteiger partial charge on any atom is -0.396 e. The Hall–Kier alpha value is -1.23. The van der Waals surface area contributed by atoms with Crippen LogP contribution in [0.15, 0.2) is 0 Å². The van der Waals surface area contributed by atoms with Gasteiger partial charge in [-0.3, -0.25) is 4.68 Å². The number of nitrogens with one attached hydrogen (secondary N) is 1. The van der Waals surface area contributed by atoms with Crippen LogP contribution >= 0.6 is 0 Å². The first kappa shape index (κ1) is 12.8. The Morgan fingerprint density at radius 1 is 1.56 bits per heavy atom. The lowest BCUT2D eigenvalue weighted by Gasteiger charge is -2.12. The monoisotopic (exact) mass is 226 g/mol. The van der Waals surface area contributed by atoms with E-state index in [4.69, 9.17) is 10.8 Å². The number of rotatable bonds is 6. The summed E-state index contributed by atoms with van der Waals surface area (Å²) in [5, 5.41) is 16.4. The molecular weight excluding hydrogens is 204 g/mol. The van der Waals surface area contributed by atoms with Gasteiger partial charge in [-0.05, 0) is 18.8 Å². The zero-order valence-electron chi connectivity index (χ0n) is 10.3. The highest BCUT2D eigenvalue weighted by Gasteiger charge is 2.12. The predicted molar refractivity (Wildman–Crippen MR) is 66.4 cm³/mol. The molecule has 0 saturated carbocycles. The molecule has 0 aromatic carbocycles. The van der Waals surface area contributed by atoms with Gasteiger partial charge in [-0.2, -0.15) is 5.10 Å². The second kappa shape index (κ2) is 5.75. The topological polar surface area (TPSA) is 76.1 Å². The van der Waals surface area contributed by atoms with E-state index in [2.05, 4.69) is 17.3 Å². The summed E-state index contributed by atoms with van der Waals surface area (Å²) < 4.78 is 1.78. The first-order chi connectivity index (χ1) is 7.60. The van der Waals surface area contributed by atoms with Gasteiger partial charge in [-0.1, -0.05) is 13.8 Å². The highest BCUT2D eigenvalue weighted by molar-refractivity contribution is 5.64. The van der Waals surface area contributed by atoms with Crippen molar-refractivity contribution < 1.29 is 5.11 Å². The highest BCUT2D eigenvalue weighted by Crippen LogP contribution is 2.22. The summed E-state index contributed by atoms with van der Waals surface area (Å²) in [7, 11) is 1.88. The van der Waals surface area contributed by atoms with Crippen LogP contribution in [0.25, 0.3) is 0 Å². The molecule has 0 saturated heterocycles. The summed E-state index contributed by atoms with van der Waals surface area (Å²) in [6.45, 7) is 5.16. The fraction of sp³-hybridized carbons (Fsp3) is 0.727. The number of anilines is 2. The number of nitrogens with two attached hydrogens (primary N) is 1. The summed E-state index contributed by atoms with van der Waals surface area (Å²) >= 11 is 0. The molecule has 0 amide bonds. The average Bonchev–Trinajstić information content (AvgIpc) is 2.52. The van der Waals surface area contributed by atoms with Crippen LogP contribution < -0.4 is 11.1 Å². The lowest BCUT2D eigenvalue weighted by molar-refractivity contribution is 0.265. The largest absolute Gasteiger partial charge is 0.396 e. The summed E-state index contributed by atoms with van der Waals surface area (Å²) in [4.78, 5) is 0. The predicted octanol–water partition coefficient (Wildman–Crippen LogP) is 0.995. The van der Waals surface area contributed by atoms with Crippen molar-refractivity contribution in [3.05, 3.63) is 5.69 Å². The second-order valence-electron chi connectivity index (χ2n) is 4.18. The van der Waals surface area contributed by atoms with Crippen molar-refractivity contribution >= 4 is 11.5 Å².